The second-order valence-corrected chi connectivity index (χ2v) is 5.58. The van der Waals surface area contributed by atoms with Crippen LogP contribution >= 0.6 is 0 Å². The molecule has 1 amide bonds. The van der Waals surface area contributed by atoms with Crippen LogP contribution in [0.2, 0.25) is 0 Å². The first-order valence-corrected chi connectivity index (χ1v) is 6.76. The number of carbonyl (C=O) groups excluding carboxylic acids is 1. The molecular weight excluding hydrogens is 216 g/mol. The van der Waals surface area contributed by atoms with Gasteiger partial charge in [-0.1, -0.05) is 6.42 Å². The molecule has 2 fully saturated rings. The first-order chi connectivity index (χ1) is 8.10. The van der Waals surface area contributed by atoms with E-state index < -0.39 is 0 Å². The fourth-order valence-corrected chi connectivity index (χ4v) is 2.69. The molecule has 0 aromatic rings. The normalized spacial score (nSPS) is 38.0. The Morgan fingerprint density at radius 1 is 1.53 bits per heavy atom. The molecule has 2 aliphatic rings. The largest absolute Gasteiger partial charge is 0.376 e. The Labute approximate surface area is 103 Å². The number of piperidine rings is 1. The van der Waals surface area contributed by atoms with Crippen molar-refractivity contribution in [2.45, 2.75) is 63.6 Å². The van der Waals surface area contributed by atoms with Crippen LogP contribution in [0.15, 0.2) is 0 Å². The van der Waals surface area contributed by atoms with Gasteiger partial charge >= 0.3 is 0 Å². The highest BCUT2D eigenvalue weighted by molar-refractivity contribution is 5.77. The topological polar surface area (TPSA) is 50.4 Å². The summed E-state index contributed by atoms with van der Waals surface area (Å²) in [7, 11) is 0. The molecule has 98 valence electrons. The van der Waals surface area contributed by atoms with Gasteiger partial charge in [-0.15, -0.1) is 0 Å². The van der Waals surface area contributed by atoms with E-state index in [1.165, 1.54) is 12.8 Å². The minimum absolute atomic E-state index is 0.116. The van der Waals surface area contributed by atoms with Crippen molar-refractivity contribution in [1.29, 1.82) is 0 Å². The van der Waals surface area contributed by atoms with Crippen molar-refractivity contribution >= 4 is 5.91 Å². The molecule has 3 atom stereocenters. The summed E-state index contributed by atoms with van der Waals surface area (Å²) in [6.07, 6.45) is 5.23. The molecule has 2 N–H and O–H groups in total. The standard InChI is InChI=1S/C13H24N2O2/c1-10-13(2,6-8-17-10)15-12(16)9-11-5-3-4-7-14-11/h10-11,14H,3-9H2,1-2H3,(H,15,16). The molecule has 0 aromatic carbocycles. The first-order valence-electron chi connectivity index (χ1n) is 6.76. The van der Waals surface area contributed by atoms with Crippen LogP contribution in [0.3, 0.4) is 0 Å². The third-order valence-corrected chi connectivity index (χ3v) is 4.16. The lowest BCUT2D eigenvalue weighted by atomic mass is 9.93. The third-order valence-electron chi connectivity index (χ3n) is 4.16. The van der Waals surface area contributed by atoms with Crippen LogP contribution in [0.4, 0.5) is 0 Å². The number of rotatable bonds is 3. The number of amides is 1. The van der Waals surface area contributed by atoms with Gasteiger partial charge in [0.1, 0.15) is 0 Å². The Morgan fingerprint density at radius 2 is 2.35 bits per heavy atom. The van der Waals surface area contributed by atoms with Crippen molar-refractivity contribution in [3.8, 4) is 0 Å². The Balaban J connectivity index is 1.80. The average Bonchev–Trinajstić information content (AvgIpc) is 2.60. The maximum absolute atomic E-state index is 12.0. The Kier molecular flexibility index (Phi) is 4.05. The van der Waals surface area contributed by atoms with Gasteiger partial charge in [-0.05, 0) is 39.7 Å². The van der Waals surface area contributed by atoms with Crippen molar-refractivity contribution in [2.24, 2.45) is 0 Å². The lowest BCUT2D eigenvalue weighted by molar-refractivity contribution is -0.124. The molecule has 17 heavy (non-hydrogen) atoms. The lowest BCUT2D eigenvalue weighted by Gasteiger charge is -2.30. The van der Waals surface area contributed by atoms with Crippen molar-refractivity contribution in [2.75, 3.05) is 13.2 Å². The molecule has 2 rings (SSSR count). The molecule has 0 bridgehead atoms. The van der Waals surface area contributed by atoms with Crippen molar-refractivity contribution in [3.05, 3.63) is 0 Å². The zero-order valence-corrected chi connectivity index (χ0v) is 10.9. The number of hydrogen-bond donors (Lipinski definition) is 2. The molecule has 2 saturated heterocycles. The number of hydrogen-bond acceptors (Lipinski definition) is 3. The number of carbonyl (C=O) groups is 1. The van der Waals surface area contributed by atoms with Gasteiger partial charge in [-0.2, -0.15) is 0 Å². The van der Waals surface area contributed by atoms with Crippen LogP contribution in [0.1, 0.15) is 46.0 Å². The van der Waals surface area contributed by atoms with Crippen molar-refractivity contribution < 1.29 is 9.53 Å². The van der Waals surface area contributed by atoms with Gasteiger partial charge in [0.2, 0.25) is 5.91 Å². The van der Waals surface area contributed by atoms with E-state index in [1.807, 2.05) is 6.92 Å². The molecule has 2 aliphatic heterocycles. The number of nitrogens with one attached hydrogen (secondary N) is 2. The molecule has 4 heteroatoms. The van der Waals surface area contributed by atoms with Crippen molar-refractivity contribution in [3.63, 3.8) is 0 Å². The van der Waals surface area contributed by atoms with Crippen LogP contribution in [0, 0.1) is 0 Å². The molecule has 0 aliphatic carbocycles. The molecule has 4 nitrogen and oxygen atoms in total. The van der Waals surface area contributed by atoms with E-state index in [4.69, 9.17) is 4.74 Å². The van der Waals surface area contributed by atoms with Gasteiger partial charge in [-0.3, -0.25) is 4.79 Å². The summed E-state index contributed by atoms with van der Waals surface area (Å²) in [6, 6.07) is 0.366. The Morgan fingerprint density at radius 3 is 2.94 bits per heavy atom. The van der Waals surface area contributed by atoms with E-state index in [9.17, 15) is 4.79 Å². The van der Waals surface area contributed by atoms with Gasteiger partial charge in [0.15, 0.2) is 0 Å². The summed E-state index contributed by atoms with van der Waals surface area (Å²) in [6.45, 7) is 5.91. The molecule has 0 saturated carbocycles. The third kappa shape index (κ3) is 3.19. The lowest BCUT2D eigenvalue weighted by Crippen LogP contribution is -2.52. The van der Waals surface area contributed by atoms with Crippen LogP contribution in [-0.4, -0.2) is 36.7 Å². The molecule has 3 unspecified atom stereocenters. The van der Waals surface area contributed by atoms with Gasteiger partial charge in [0.25, 0.3) is 0 Å². The molecular formula is C13H24N2O2. The SMILES string of the molecule is CC1OCCC1(C)NC(=O)CC1CCCCN1. The fourth-order valence-electron chi connectivity index (χ4n) is 2.69. The van der Waals surface area contributed by atoms with Crippen LogP contribution in [0.5, 0.6) is 0 Å². The van der Waals surface area contributed by atoms with Crippen LogP contribution < -0.4 is 10.6 Å². The van der Waals surface area contributed by atoms with Gasteiger partial charge in [0, 0.05) is 19.1 Å². The van der Waals surface area contributed by atoms with E-state index in [0.29, 0.717) is 12.5 Å². The first kappa shape index (κ1) is 12.8. The maximum atomic E-state index is 12.0. The fraction of sp³-hybridized carbons (Fsp3) is 0.923. The highest BCUT2D eigenvalue weighted by Gasteiger charge is 2.38. The van der Waals surface area contributed by atoms with E-state index in [0.717, 1.165) is 26.0 Å². The summed E-state index contributed by atoms with van der Waals surface area (Å²) in [5.41, 5.74) is -0.175. The van der Waals surface area contributed by atoms with Gasteiger partial charge in [-0.25, -0.2) is 0 Å². The van der Waals surface area contributed by atoms with Gasteiger partial charge in [0.05, 0.1) is 11.6 Å². The second kappa shape index (κ2) is 5.36. The predicted molar refractivity (Wildman–Crippen MR) is 66.8 cm³/mol. The monoisotopic (exact) mass is 240 g/mol. The quantitative estimate of drug-likeness (QED) is 0.779. The minimum atomic E-state index is -0.175. The second-order valence-electron chi connectivity index (χ2n) is 5.58. The van der Waals surface area contributed by atoms with E-state index in [2.05, 4.69) is 17.6 Å². The summed E-state index contributed by atoms with van der Waals surface area (Å²) in [5.74, 6) is 0.157. The summed E-state index contributed by atoms with van der Waals surface area (Å²) in [4.78, 5) is 12.0. The van der Waals surface area contributed by atoms with Crippen LogP contribution in [0.25, 0.3) is 0 Å². The molecule has 2 heterocycles. The minimum Gasteiger partial charge on any atom is -0.376 e. The Bertz CT molecular complexity index is 277. The summed E-state index contributed by atoms with van der Waals surface area (Å²) in [5, 5.41) is 6.55. The smallest absolute Gasteiger partial charge is 0.222 e. The molecule has 0 radical (unpaired) electrons. The number of ether oxygens (including phenoxy) is 1. The maximum Gasteiger partial charge on any atom is 0.222 e. The van der Waals surface area contributed by atoms with Crippen molar-refractivity contribution in [1.82, 2.24) is 10.6 Å². The van der Waals surface area contributed by atoms with Crippen LogP contribution in [-0.2, 0) is 9.53 Å². The highest BCUT2D eigenvalue weighted by atomic mass is 16.5. The van der Waals surface area contributed by atoms with Gasteiger partial charge < -0.3 is 15.4 Å². The highest BCUT2D eigenvalue weighted by Crippen LogP contribution is 2.25. The zero-order valence-electron chi connectivity index (χ0n) is 10.9. The van der Waals surface area contributed by atoms with E-state index in [1.54, 1.807) is 0 Å². The molecule has 0 aromatic heterocycles. The summed E-state index contributed by atoms with van der Waals surface area (Å²) >= 11 is 0. The average molecular weight is 240 g/mol. The Hall–Kier alpha value is -0.610. The predicted octanol–water partition coefficient (Wildman–Crippen LogP) is 1.20. The zero-order chi connectivity index (χ0) is 12.3. The summed E-state index contributed by atoms with van der Waals surface area (Å²) < 4.78 is 5.53. The van der Waals surface area contributed by atoms with E-state index in [-0.39, 0.29) is 17.6 Å². The molecule has 0 spiro atoms. The van der Waals surface area contributed by atoms with E-state index >= 15 is 0 Å².